The molecule has 0 fully saturated rings. The van der Waals surface area contributed by atoms with Gasteiger partial charge in [-0.1, -0.05) is 29.3 Å². The highest BCUT2D eigenvalue weighted by molar-refractivity contribution is 6.42. The molecule has 0 aliphatic rings. The minimum absolute atomic E-state index is 0.0380. The van der Waals surface area contributed by atoms with Crippen molar-refractivity contribution >= 4 is 47.0 Å². The largest absolute Gasteiger partial charge is 0.420 e. The number of hydrogen-bond donors (Lipinski definition) is 1. The van der Waals surface area contributed by atoms with Crippen molar-refractivity contribution in [3.63, 3.8) is 0 Å². The number of Topliss-reactive ketones (excluding diaryl/α,β-unsaturated/α-hetero) is 1. The molecule has 2 aromatic rings. The number of amides is 1. The molecule has 0 spiro atoms. The summed E-state index contributed by atoms with van der Waals surface area (Å²) >= 11 is 11.7. The fourth-order valence-electron chi connectivity index (χ4n) is 1.43. The second kappa shape index (κ2) is 6.56. The van der Waals surface area contributed by atoms with E-state index >= 15 is 0 Å². The monoisotopic (exact) mass is 324 g/mol. The van der Waals surface area contributed by atoms with Gasteiger partial charge in [0.25, 0.3) is 5.91 Å². The highest BCUT2D eigenvalue weighted by atomic mass is 35.5. The Morgan fingerprint density at radius 3 is 2.67 bits per heavy atom. The average Bonchev–Trinajstić information content (AvgIpc) is 2.89. The third kappa shape index (κ3) is 4.18. The number of anilines is 1. The Hall–Kier alpha value is -2.11. The van der Waals surface area contributed by atoms with Crippen molar-refractivity contribution < 1.29 is 14.0 Å². The molecule has 1 aromatic carbocycles. The lowest BCUT2D eigenvalue weighted by Crippen LogP contribution is -2.07. The number of rotatable bonds is 4. The lowest BCUT2D eigenvalue weighted by molar-refractivity contribution is -0.112. The first-order chi connectivity index (χ1) is 9.95. The van der Waals surface area contributed by atoms with Crippen molar-refractivity contribution in [3.05, 3.63) is 51.8 Å². The van der Waals surface area contributed by atoms with Crippen molar-refractivity contribution in [1.29, 1.82) is 0 Å². The van der Waals surface area contributed by atoms with Crippen molar-refractivity contribution in [2.75, 3.05) is 5.32 Å². The van der Waals surface area contributed by atoms with Crippen LogP contribution >= 0.6 is 23.2 Å². The van der Waals surface area contributed by atoms with E-state index in [1.807, 2.05) is 0 Å². The van der Waals surface area contributed by atoms with Crippen molar-refractivity contribution in [3.8, 4) is 0 Å². The summed E-state index contributed by atoms with van der Waals surface area (Å²) in [6.45, 7) is 1.34. The second-order valence-electron chi connectivity index (χ2n) is 4.08. The van der Waals surface area contributed by atoms with Crippen LogP contribution in [0.15, 0.2) is 34.9 Å². The first kappa shape index (κ1) is 15.3. The minimum atomic E-state index is -0.446. The van der Waals surface area contributed by atoms with E-state index < -0.39 is 5.91 Å². The van der Waals surface area contributed by atoms with E-state index in [4.69, 9.17) is 27.6 Å². The van der Waals surface area contributed by atoms with Crippen LogP contribution in [0.25, 0.3) is 6.08 Å². The summed E-state index contributed by atoms with van der Waals surface area (Å²) in [4.78, 5) is 26.5. The summed E-state index contributed by atoms with van der Waals surface area (Å²) in [5.41, 5.74) is 0.719. The van der Waals surface area contributed by atoms with Gasteiger partial charge in [0.15, 0.2) is 11.5 Å². The zero-order valence-electron chi connectivity index (χ0n) is 10.9. The Balaban J connectivity index is 2.01. The van der Waals surface area contributed by atoms with Gasteiger partial charge in [0.05, 0.1) is 16.2 Å². The van der Waals surface area contributed by atoms with E-state index in [-0.39, 0.29) is 17.6 Å². The maximum atomic E-state index is 11.7. The van der Waals surface area contributed by atoms with Crippen molar-refractivity contribution in [2.45, 2.75) is 6.92 Å². The molecule has 0 saturated carbocycles. The molecule has 0 saturated heterocycles. The van der Waals surface area contributed by atoms with E-state index in [9.17, 15) is 9.59 Å². The summed E-state index contributed by atoms with van der Waals surface area (Å²) in [5.74, 6) is -0.633. The molecule has 108 valence electrons. The Bertz CT molecular complexity index is 723. The van der Waals surface area contributed by atoms with E-state index in [0.717, 1.165) is 5.56 Å². The Labute approximate surface area is 130 Å². The molecule has 0 atom stereocenters. The van der Waals surface area contributed by atoms with Gasteiger partial charge in [0, 0.05) is 13.0 Å². The van der Waals surface area contributed by atoms with Crippen LogP contribution in [0.1, 0.15) is 23.0 Å². The SMILES string of the molecule is CC(=O)c1cnc(NC(=O)/C=C\c2ccc(Cl)c(Cl)c2)o1. The predicted octanol–water partition coefficient (Wildman–Crippen LogP) is 3.84. The number of nitrogens with one attached hydrogen (secondary N) is 1. The van der Waals surface area contributed by atoms with E-state index in [0.29, 0.717) is 10.0 Å². The average molecular weight is 325 g/mol. The topological polar surface area (TPSA) is 72.2 Å². The molecule has 0 unspecified atom stereocenters. The van der Waals surface area contributed by atoms with Crippen LogP contribution in [0.4, 0.5) is 6.01 Å². The number of nitrogens with zero attached hydrogens (tertiary/aromatic N) is 1. The van der Waals surface area contributed by atoms with Gasteiger partial charge in [-0.25, -0.2) is 4.98 Å². The van der Waals surface area contributed by atoms with Crippen LogP contribution in [0.2, 0.25) is 10.0 Å². The zero-order valence-corrected chi connectivity index (χ0v) is 12.4. The van der Waals surface area contributed by atoms with Crippen LogP contribution < -0.4 is 5.32 Å². The van der Waals surface area contributed by atoms with E-state index in [1.165, 1.54) is 19.2 Å². The van der Waals surface area contributed by atoms with Crippen LogP contribution in [0.5, 0.6) is 0 Å². The third-order valence-corrected chi connectivity index (χ3v) is 3.19. The molecule has 1 N–H and O–H groups in total. The number of halogens is 2. The van der Waals surface area contributed by atoms with Gasteiger partial charge >= 0.3 is 6.01 Å². The number of carbonyl (C=O) groups is 2. The summed E-state index contributed by atoms with van der Waals surface area (Å²) in [6.07, 6.45) is 4.10. The molecule has 5 nitrogen and oxygen atoms in total. The molecule has 0 radical (unpaired) electrons. The molecule has 0 aliphatic heterocycles. The van der Waals surface area contributed by atoms with Gasteiger partial charge in [0.1, 0.15) is 0 Å². The molecule has 1 amide bonds. The zero-order chi connectivity index (χ0) is 15.4. The van der Waals surface area contributed by atoms with Gasteiger partial charge in [-0.15, -0.1) is 0 Å². The van der Waals surface area contributed by atoms with Crippen LogP contribution in [-0.2, 0) is 4.79 Å². The summed E-state index contributed by atoms with van der Waals surface area (Å²) in [5, 5.41) is 3.24. The maximum absolute atomic E-state index is 11.7. The van der Waals surface area contributed by atoms with Gasteiger partial charge in [-0.05, 0) is 23.8 Å². The number of oxazole rings is 1. The number of benzene rings is 1. The first-order valence-electron chi connectivity index (χ1n) is 5.86. The lowest BCUT2D eigenvalue weighted by atomic mass is 10.2. The number of hydrogen-bond acceptors (Lipinski definition) is 4. The van der Waals surface area contributed by atoms with E-state index in [2.05, 4.69) is 10.3 Å². The van der Waals surface area contributed by atoms with E-state index in [1.54, 1.807) is 24.3 Å². The van der Waals surface area contributed by atoms with Crippen LogP contribution in [-0.4, -0.2) is 16.7 Å². The van der Waals surface area contributed by atoms with Gasteiger partial charge in [0.2, 0.25) is 0 Å². The standard InChI is InChI=1S/C14H10Cl2N2O3/c1-8(19)12-7-17-14(21-12)18-13(20)5-3-9-2-4-10(15)11(16)6-9/h2-7H,1H3,(H,17,18,20)/b5-3-. The van der Waals surface area contributed by atoms with Crippen molar-refractivity contribution in [1.82, 2.24) is 4.98 Å². The molecular weight excluding hydrogens is 315 g/mol. The fourth-order valence-corrected chi connectivity index (χ4v) is 1.74. The summed E-state index contributed by atoms with van der Waals surface area (Å²) in [7, 11) is 0. The van der Waals surface area contributed by atoms with Gasteiger partial charge in [-0.2, -0.15) is 0 Å². The Morgan fingerprint density at radius 2 is 2.05 bits per heavy atom. The minimum Gasteiger partial charge on any atom is -0.420 e. The second-order valence-corrected chi connectivity index (χ2v) is 4.90. The molecule has 1 heterocycles. The number of ketones is 1. The maximum Gasteiger partial charge on any atom is 0.302 e. The highest BCUT2D eigenvalue weighted by Crippen LogP contribution is 2.23. The highest BCUT2D eigenvalue weighted by Gasteiger charge is 2.09. The van der Waals surface area contributed by atoms with Crippen LogP contribution in [0.3, 0.4) is 0 Å². The number of carbonyl (C=O) groups excluding carboxylic acids is 2. The summed E-state index contributed by atoms with van der Waals surface area (Å²) in [6, 6.07) is 4.95. The normalized spacial score (nSPS) is 10.8. The molecule has 1 aromatic heterocycles. The number of aromatic nitrogens is 1. The molecule has 2 rings (SSSR count). The fraction of sp³-hybridized carbons (Fsp3) is 0.0714. The molecular formula is C14H10Cl2N2O3. The smallest absolute Gasteiger partial charge is 0.302 e. The van der Waals surface area contributed by atoms with Crippen molar-refractivity contribution in [2.24, 2.45) is 0 Å². The Kier molecular flexibility index (Phi) is 4.77. The molecule has 0 aliphatic carbocycles. The summed E-state index contributed by atoms with van der Waals surface area (Å²) < 4.78 is 5.04. The quantitative estimate of drug-likeness (QED) is 0.685. The lowest BCUT2D eigenvalue weighted by Gasteiger charge is -1.98. The predicted molar refractivity (Wildman–Crippen MR) is 80.6 cm³/mol. The van der Waals surface area contributed by atoms with Gasteiger partial charge < -0.3 is 4.42 Å². The first-order valence-corrected chi connectivity index (χ1v) is 6.62. The molecule has 0 bridgehead atoms. The van der Waals surface area contributed by atoms with Gasteiger partial charge in [-0.3, -0.25) is 14.9 Å². The van der Waals surface area contributed by atoms with Crippen LogP contribution in [0, 0.1) is 0 Å². The Morgan fingerprint density at radius 1 is 1.29 bits per heavy atom. The molecule has 21 heavy (non-hydrogen) atoms. The molecule has 7 heteroatoms. The third-order valence-electron chi connectivity index (χ3n) is 2.45.